The molecule has 8 nitrogen and oxygen atoms in total. The average molecular weight is 431 g/mol. The van der Waals surface area contributed by atoms with E-state index in [0.717, 1.165) is 0 Å². The van der Waals surface area contributed by atoms with Crippen LogP contribution in [0.25, 0.3) is 22.8 Å². The molecular formula is C24H21N3O5. The molecule has 0 atom stereocenters. The van der Waals surface area contributed by atoms with Gasteiger partial charge in [-0.25, -0.2) is 0 Å². The number of hydrogen-bond acceptors (Lipinski definition) is 7. The summed E-state index contributed by atoms with van der Waals surface area (Å²) in [6.07, 6.45) is 0. The van der Waals surface area contributed by atoms with Crippen LogP contribution in [0.5, 0.6) is 17.2 Å². The van der Waals surface area contributed by atoms with E-state index < -0.39 is 0 Å². The quantitative estimate of drug-likeness (QED) is 0.454. The van der Waals surface area contributed by atoms with Crippen molar-refractivity contribution in [3.63, 3.8) is 0 Å². The molecule has 1 aromatic heterocycles. The topological polar surface area (TPSA) is 95.7 Å². The highest BCUT2D eigenvalue weighted by Gasteiger charge is 2.19. The number of methoxy groups -OCH3 is 3. The zero-order valence-corrected chi connectivity index (χ0v) is 17.8. The number of nitrogens with one attached hydrogen (secondary N) is 1. The molecule has 0 aliphatic carbocycles. The standard InChI is InChI=1S/C24H21N3O5/c1-29-17-11-9-16(10-12-17)25-23(28)18-6-4-5-7-19(18)24-26-22(27-32-24)15-8-13-20(30-2)21(14-15)31-3/h4-14H,1-3H3,(H,25,28). The van der Waals surface area contributed by atoms with Crippen LogP contribution in [0, 0.1) is 0 Å². The summed E-state index contributed by atoms with van der Waals surface area (Å²) in [7, 11) is 4.71. The van der Waals surface area contributed by atoms with E-state index in [1.807, 2.05) is 0 Å². The average Bonchev–Trinajstić information content (AvgIpc) is 3.34. The minimum Gasteiger partial charge on any atom is -0.497 e. The maximum atomic E-state index is 12.9. The summed E-state index contributed by atoms with van der Waals surface area (Å²) >= 11 is 0. The van der Waals surface area contributed by atoms with Gasteiger partial charge in [-0.3, -0.25) is 4.79 Å². The SMILES string of the molecule is COc1ccc(NC(=O)c2ccccc2-c2nc(-c3ccc(OC)c(OC)c3)no2)cc1. The molecule has 0 spiro atoms. The lowest BCUT2D eigenvalue weighted by atomic mass is 10.1. The first-order valence-corrected chi connectivity index (χ1v) is 9.74. The Morgan fingerprint density at radius 1 is 0.875 bits per heavy atom. The normalized spacial score (nSPS) is 10.5. The molecular weight excluding hydrogens is 410 g/mol. The Morgan fingerprint density at radius 3 is 2.34 bits per heavy atom. The molecule has 32 heavy (non-hydrogen) atoms. The van der Waals surface area contributed by atoms with Crippen LogP contribution in [0.15, 0.2) is 71.3 Å². The Labute approximate surface area is 184 Å². The van der Waals surface area contributed by atoms with Gasteiger partial charge in [0.2, 0.25) is 5.82 Å². The Kier molecular flexibility index (Phi) is 6.03. The number of rotatable bonds is 7. The lowest BCUT2D eigenvalue weighted by Crippen LogP contribution is -2.13. The van der Waals surface area contributed by atoms with E-state index in [0.29, 0.717) is 45.5 Å². The van der Waals surface area contributed by atoms with Gasteiger partial charge in [0.25, 0.3) is 11.8 Å². The molecule has 4 rings (SSSR count). The van der Waals surface area contributed by atoms with Gasteiger partial charge in [-0.2, -0.15) is 4.98 Å². The molecule has 0 fully saturated rings. The predicted molar refractivity (Wildman–Crippen MR) is 119 cm³/mol. The van der Waals surface area contributed by atoms with E-state index in [9.17, 15) is 4.79 Å². The third-order valence-electron chi connectivity index (χ3n) is 4.82. The van der Waals surface area contributed by atoms with Crippen molar-refractivity contribution in [1.82, 2.24) is 10.1 Å². The van der Waals surface area contributed by atoms with E-state index in [1.54, 1.807) is 88.1 Å². The van der Waals surface area contributed by atoms with Gasteiger partial charge in [-0.15, -0.1) is 0 Å². The second-order valence-corrected chi connectivity index (χ2v) is 6.72. The van der Waals surface area contributed by atoms with Crippen LogP contribution in [0.1, 0.15) is 10.4 Å². The van der Waals surface area contributed by atoms with E-state index >= 15 is 0 Å². The highest BCUT2D eigenvalue weighted by atomic mass is 16.5. The number of nitrogens with zero attached hydrogens (tertiary/aromatic N) is 2. The number of amides is 1. The summed E-state index contributed by atoms with van der Waals surface area (Å²) in [5, 5.41) is 6.94. The fourth-order valence-corrected chi connectivity index (χ4v) is 3.17. The van der Waals surface area contributed by atoms with Gasteiger partial charge in [0.05, 0.1) is 32.5 Å². The lowest BCUT2D eigenvalue weighted by molar-refractivity contribution is 0.102. The number of carbonyl (C=O) groups excluding carboxylic acids is 1. The molecule has 3 aromatic carbocycles. The molecule has 0 radical (unpaired) electrons. The predicted octanol–water partition coefficient (Wildman–Crippen LogP) is 4.68. The zero-order valence-electron chi connectivity index (χ0n) is 17.8. The van der Waals surface area contributed by atoms with Crippen molar-refractivity contribution in [2.24, 2.45) is 0 Å². The number of anilines is 1. The Hall–Kier alpha value is -4.33. The summed E-state index contributed by atoms with van der Waals surface area (Å²) < 4.78 is 21.2. The molecule has 1 amide bonds. The summed E-state index contributed by atoms with van der Waals surface area (Å²) in [5.41, 5.74) is 2.27. The van der Waals surface area contributed by atoms with E-state index in [4.69, 9.17) is 18.7 Å². The van der Waals surface area contributed by atoms with Crippen molar-refractivity contribution < 1.29 is 23.5 Å². The Balaban J connectivity index is 1.62. The second-order valence-electron chi connectivity index (χ2n) is 6.72. The fourth-order valence-electron chi connectivity index (χ4n) is 3.17. The van der Waals surface area contributed by atoms with Crippen LogP contribution in [0.2, 0.25) is 0 Å². The zero-order chi connectivity index (χ0) is 22.5. The van der Waals surface area contributed by atoms with Gasteiger partial charge >= 0.3 is 0 Å². The smallest absolute Gasteiger partial charge is 0.259 e. The van der Waals surface area contributed by atoms with E-state index in [-0.39, 0.29) is 11.8 Å². The fraction of sp³-hybridized carbons (Fsp3) is 0.125. The highest BCUT2D eigenvalue weighted by Crippen LogP contribution is 2.32. The lowest BCUT2D eigenvalue weighted by Gasteiger charge is -2.08. The highest BCUT2D eigenvalue weighted by molar-refractivity contribution is 6.08. The van der Waals surface area contributed by atoms with Crippen LogP contribution < -0.4 is 19.5 Å². The molecule has 4 aromatic rings. The molecule has 8 heteroatoms. The Morgan fingerprint density at radius 2 is 1.62 bits per heavy atom. The first-order valence-electron chi connectivity index (χ1n) is 9.74. The molecule has 1 heterocycles. The number of aromatic nitrogens is 2. The van der Waals surface area contributed by atoms with Gasteiger partial charge in [0.1, 0.15) is 5.75 Å². The van der Waals surface area contributed by atoms with Crippen molar-refractivity contribution in [3.8, 4) is 40.1 Å². The maximum absolute atomic E-state index is 12.9. The Bertz CT molecular complexity index is 1230. The third-order valence-corrected chi connectivity index (χ3v) is 4.82. The van der Waals surface area contributed by atoms with Gasteiger partial charge in [-0.05, 0) is 54.6 Å². The van der Waals surface area contributed by atoms with Gasteiger partial charge in [0.15, 0.2) is 11.5 Å². The molecule has 1 N–H and O–H groups in total. The second kappa shape index (κ2) is 9.22. The number of benzene rings is 3. The summed E-state index contributed by atoms with van der Waals surface area (Å²) in [6.45, 7) is 0. The van der Waals surface area contributed by atoms with Crippen molar-refractivity contribution in [2.45, 2.75) is 0 Å². The van der Waals surface area contributed by atoms with Crippen LogP contribution in [0.4, 0.5) is 5.69 Å². The van der Waals surface area contributed by atoms with E-state index in [1.165, 1.54) is 0 Å². The van der Waals surface area contributed by atoms with Crippen LogP contribution >= 0.6 is 0 Å². The van der Waals surface area contributed by atoms with Gasteiger partial charge in [-0.1, -0.05) is 17.3 Å². The first kappa shape index (κ1) is 20.9. The van der Waals surface area contributed by atoms with Crippen molar-refractivity contribution in [2.75, 3.05) is 26.6 Å². The van der Waals surface area contributed by atoms with Gasteiger partial charge in [0, 0.05) is 11.3 Å². The number of ether oxygens (including phenoxy) is 3. The molecule has 0 aliphatic rings. The van der Waals surface area contributed by atoms with Crippen molar-refractivity contribution >= 4 is 11.6 Å². The maximum Gasteiger partial charge on any atom is 0.259 e. The minimum atomic E-state index is -0.295. The molecule has 0 aliphatic heterocycles. The summed E-state index contributed by atoms with van der Waals surface area (Å²) in [5.74, 6) is 2.16. The number of hydrogen-bond donors (Lipinski definition) is 1. The third kappa shape index (κ3) is 4.24. The van der Waals surface area contributed by atoms with Crippen molar-refractivity contribution in [1.29, 1.82) is 0 Å². The number of carbonyl (C=O) groups is 1. The molecule has 0 saturated carbocycles. The molecule has 0 saturated heterocycles. The first-order chi connectivity index (χ1) is 15.6. The van der Waals surface area contributed by atoms with Gasteiger partial charge < -0.3 is 24.1 Å². The van der Waals surface area contributed by atoms with Crippen LogP contribution in [-0.2, 0) is 0 Å². The monoisotopic (exact) mass is 431 g/mol. The van der Waals surface area contributed by atoms with Crippen LogP contribution in [-0.4, -0.2) is 37.4 Å². The van der Waals surface area contributed by atoms with Crippen LogP contribution in [0.3, 0.4) is 0 Å². The van der Waals surface area contributed by atoms with E-state index in [2.05, 4.69) is 15.5 Å². The molecule has 0 bridgehead atoms. The molecule has 162 valence electrons. The largest absolute Gasteiger partial charge is 0.497 e. The summed E-state index contributed by atoms with van der Waals surface area (Å²) in [6, 6.07) is 19.4. The van der Waals surface area contributed by atoms with Crippen molar-refractivity contribution in [3.05, 3.63) is 72.3 Å². The molecule has 0 unspecified atom stereocenters. The summed E-state index contributed by atoms with van der Waals surface area (Å²) in [4.78, 5) is 17.4. The minimum absolute atomic E-state index is 0.232.